The van der Waals surface area contributed by atoms with Gasteiger partial charge in [-0.2, -0.15) is 13.2 Å². The maximum Gasteiger partial charge on any atom is 0.417 e. The molecule has 146 valence electrons. The normalized spacial score (nSPS) is 20.7. The van der Waals surface area contributed by atoms with E-state index < -0.39 is 31.7 Å². The summed E-state index contributed by atoms with van der Waals surface area (Å²) in [6.45, 7) is 0.299. The Bertz CT molecular complexity index is 895. The van der Waals surface area contributed by atoms with Crippen LogP contribution in [-0.2, 0) is 27.4 Å². The van der Waals surface area contributed by atoms with Gasteiger partial charge in [-0.3, -0.25) is 0 Å². The van der Waals surface area contributed by atoms with Gasteiger partial charge in [-0.05, 0) is 49.1 Å². The molecule has 0 amide bonds. The van der Waals surface area contributed by atoms with Crippen molar-refractivity contribution in [3.05, 3.63) is 64.7 Å². The van der Waals surface area contributed by atoms with Gasteiger partial charge >= 0.3 is 6.18 Å². The fraction of sp³-hybridized carbons (Fsp3) is 0.368. The van der Waals surface area contributed by atoms with Gasteiger partial charge in [0.1, 0.15) is 0 Å². The standard InChI is InChI=1S/C19H18ClF3O3S/c20-14-7-5-13(6-8-14)12-26-15-9-10-16(11-15)27(24,25)18-4-2-1-3-17(18)19(21,22)23/h1-8,15-16H,9-12H2/t15-,16-/m0/s1. The molecule has 0 radical (unpaired) electrons. The van der Waals surface area contributed by atoms with Gasteiger partial charge in [-0.1, -0.05) is 35.9 Å². The highest BCUT2D eigenvalue weighted by Gasteiger charge is 2.42. The maximum atomic E-state index is 13.2. The molecule has 1 saturated carbocycles. The highest BCUT2D eigenvalue weighted by Crippen LogP contribution is 2.38. The van der Waals surface area contributed by atoms with Gasteiger partial charge in [0.25, 0.3) is 0 Å². The summed E-state index contributed by atoms with van der Waals surface area (Å²) in [6, 6.07) is 11.4. The van der Waals surface area contributed by atoms with E-state index in [-0.39, 0.29) is 18.9 Å². The van der Waals surface area contributed by atoms with Crippen LogP contribution in [-0.4, -0.2) is 19.8 Å². The third-order valence-corrected chi connectivity index (χ3v) is 7.20. The van der Waals surface area contributed by atoms with Crippen LogP contribution in [0.2, 0.25) is 5.02 Å². The van der Waals surface area contributed by atoms with E-state index in [1.54, 1.807) is 12.1 Å². The van der Waals surface area contributed by atoms with Crippen LogP contribution in [0.15, 0.2) is 53.4 Å². The molecule has 0 saturated heterocycles. The third kappa shape index (κ3) is 4.65. The molecule has 1 fully saturated rings. The number of rotatable bonds is 5. The molecule has 0 bridgehead atoms. The molecule has 27 heavy (non-hydrogen) atoms. The Kier molecular flexibility index (Phi) is 5.84. The molecule has 0 aliphatic heterocycles. The van der Waals surface area contributed by atoms with Crippen molar-refractivity contribution >= 4 is 21.4 Å². The van der Waals surface area contributed by atoms with Gasteiger partial charge in [-0.25, -0.2) is 8.42 Å². The van der Waals surface area contributed by atoms with Crippen molar-refractivity contribution in [3.63, 3.8) is 0 Å². The molecule has 0 aromatic heterocycles. The van der Waals surface area contributed by atoms with Crippen molar-refractivity contribution in [1.82, 2.24) is 0 Å². The van der Waals surface area contributed by atoms with E-state index in [4.69, 9.17) is 16.3 Å². The lowest BCUT2D eigenvalue weighted by molar-refractivity contribution is -0.139. The molecule has 0 unspecified atom stereocenters. The van der Waals surface area contributed by atoms with E-state index in [1.165, 1.54) is 12.1 Å². The van der Waals surface area contributed by atoms with Crippen molar-refractivity contribution in [2.24, 2.45) is 0 Å². The minimum Gasteiger partial charge on any atom is -0.373 e. The zero-order valence-corrected chi connectivity index (χ0v) is 15.8. The second-order valence-corrected chi connectivity index (χ2v) is 9.17. The van der Waals surface area contributed by atoms with Crippen molar-refractivity contribution in [3.8, 4) is 0 Å². The zero-order chi connectivity index (χ0) is 19.7. The van der Waals surface area contributed by atoms with Crippen molar-refractivity contribution < 1.29 is 26.3 Å². The molecule has 2 aromatic rings. The Labute approximate surface area is 161 Å². The Morgan fingerprint density at radius 3 is 2.37 bits per heavy atom. The summed E-state index contributed by atoms with van der Waals surface area (Å²) in [5.74, 6) is 0. The first-order valence-corrected chi connectivity index (χ1v) is 10.4. The van der Waals surface area contributed by atoms with Gasteiger partial charge in [0.2, 0.25) is 0 Å². The molecule has 1 aliphatic rings. The molecule has 8 heteroatoms. The molecule has 2 atom stereocenters. The van der Waals surface area contributed by atoms with Gasteiger partial charge in [0.05, 0.1) is 28.4 Å². The summed E-state index contributed by atoms with van der Waals surface area (Å²) in [7, 11) is -4.09. The van der Waals surface area contributed by atoms with Crippen molar-refractivity contribution in [1.29, 1.82) is 0 Å². The number of halogens is 4. The number of alkyl halides is 3. The van der Waals surface area contributed by atoms with E-state index in [0.717, 1.165) is 17.7 Å². The average Bonchev–Trinajstić information content (AvgIpc) is 3.10. The van der Waals surface area contributed by atoms with Crippen LogP contribution < -0.4 is 0 Å². The second-order valence-electron chi connectivity index (χ2n) is 6.53. The summed E-state index contributed by atoms with van der Waals surface area (Å²) in [6.07, 6.45) is -4.07. The third-order valence-electron chi connectivity index (χ3n) is 4.67. The predicted molar refractivity (Wildman–Crippen MR) is 96.3 cm³/mol. The van der Waals surface area contributed by atoms with Gasteiger partial charge in [-0.15, -0.1) is 0 Å². The van der Waals surface area contributed by atoms with Gasteiger partial charge in [0.15, 0.2) is 9.84 Å². The summed E-state index contributed by atoms with van der Waals surface area (Å²) in [4.78, 5) is -0.652. The average molecular weight is 419 g/mol. The van der Waals surface area contributed by atoms with Crippen molar-refractivity contribution in [2.45, 2.75) is 48.3 Å². The first kappa shape index (κ1) is 20.2. The molecule has 2 aromatic carbocycles. The van der Waals surface area contributed by atoms with Gasteiger partial charge < -0.3 is 4.74 Å². The molecule has 0 N–H and O–H groups in total. The largest absolute Gasteiger partial charge is 0.417 e. The quantitative estimate of drug-likeness (QED) is 0.664. The van der Waals surface area contributed by atoms with Crippen LogP contribution in [0.25, 0.3) is 0 Å². The number of hydrogen-bond donors (Lipinski definition) is 0. The molecule has 3 nitrogen and oxygen atoms in total. The smallest absolute Gasteiger partial charge is 0.373 e. The van der Waals surface area contributed by atoms with Crippen LogP contribution in [0.1, 0.15) is 30.4 Å². The van der Waals surface area contributed by atoms with E-state index in [0.29, 0.717) is 18.1 Å². The highest BCUT2D eigenvalue weighted by atomic mass is 35.5. The monoisotopic (exact) mass is 418 g/mol. The molecule has 0 spiro atoms. The minimum absolute atomic E-state index is 0.183. The number of hydrogen-bond acceptors (Lipinski definition) is 3. The number of benzene rings is 2. The van der Waals surface area contributed by atoms with Crippen LogP contribution in [0, 0.1) is 0 Å². The summed E-state index contributed by atoms with van der Waals surface area (Å²) in [5.41, 5.74) is -0.219. The Balaban J connectivity index is 1.70. The maximum absolute atomic E-state index is 13.2. The summed E-state index contributed by atoms with van der Waals surface area (Å²) in [5, 5.41) is -0.273. The molecule has 3 rings (SSSR count). The lowest BCUT2D eigenvalue weighted by Crippen LogP contribution is -2.23. The minimum atomic E-state index is -4.72. The van der Waals surface area contributed by atoms with Gasteiger partial charge in [0, 0.05) is 5.02 Å². The summed E-state index contributed by atoms with van der Waals surface area (Å²) >= 11 is 5.82. The lowest BCUT2D eigenvalue weighted by Gasteiger charge is -2.17. The molecular weight excluding hydrogens is 401 g/mol. The molecular formula is C19H18ClF3O3S. The Morgan fingerprint density at radius 2 is 1.70 bits per heavy atom. The SMILES string of the molecule is O=S(=O)(c1ccccc1C(F)(F)F)[C@H]1CC[C@H](OCc2ccc(Cl)cc2)C1. The summed E-state index contributed by atoms with van der Waals surface area (Å²) < 4.78 is 70.9. The zero-order valence-electron chi connectivity index (χ0n) is 14.2. The molecule has 1 aliphatic carbocycles. The first-order chi connectivity index (χ1) is 12.7. The second kappa shape index (κ2) is 7.81. The Hall–Kier alpha value is -1.57. The molecule has 0 heterocycles. The van der Waals surface area contributed by atoms with E-state index in [9.17, 15) is 21.6 Å². The van der Waals surface area contributed by atoms with E-state index in [2.05, 4.69) is 0 Å². The number of ether oxygens (including phenoxy) is 1. The topological polar surface area (TPSA) is 43.4 Å². The predicted octanol–water partition coefficient (Wildman–Crippen LogP) is 5.27. The van der Waals surface area contributed by atoms with Crippen LogP contribution >= 0.6 is 11.6 Å². The van der Waals surface area contributed by atoms with Crippen molar-refractivity contribution in [2.75, 3.05) is 0 Å². The fourth-order valence-corrected chi connectivity index (χ4v) is 5.42. The Morgan fingerprint density at radius 1 is 1.04 bits per heavy atom. The van der Waals surface area contributed by atoms with Crippen LogP contribution in [0.3, 0.4) is 0 Å². The fourth-order valence-electron chi connectivity index (χ4n) is 3.26. The van der Waals surface area contributed by atoms with E-state index in [1.807, 2.05) is 12.1 Å². The first-order valence-electron chi connectivity index (χ1n) is 8.44. The van der Waals surface area contributed by atoms with Crippen LogP contribution in [0.5, 0.6) is 0 Å². The van der Waals surface area contributed by atoms with E-state index >= 15 is 0 Å². The number of sulfone groups is 1. The van der Waals surface area contributed by atoms with Crippen LogP contribution in [0.4, 0.5) is 13.2 Å². The lowest BCUT2D eigenvalue weighted by atomic mass is 10.2. The highest BCUT2D eigenvalue weighted by molar-refractivity contribution is 7.92.